The largest absolute Gasteiger partial charge is 0.480 e. The third-order valence-electron chi connectivity index (χ3n) is 6.61. The van der Waals surface area contributed by atoms with E-state index < -0.39 is 35.5 Å². The molecule has 2 aliphatic carbocycles. The maximum atomic E-state index is 13.0. The molecule has 0 spiro atoms. The number of amides is 2. The van der Waals surface area contributed by atoms with E-state index >= 15 is 0 Å². The number of carbonyl (C=O) groups is 3. The van der Waals surface area contributed by atoms with Gasteiger partial charge in [0.2, 0.25) is 5.91 Å². The Morgan fingerprint density at radius 2 is 1.53 bits per heavy atom. The van der Waals surface area contributed by atoms with Crippen LogP contribution in [0.15, 0.2) is 48.5 Å². The number of hydrogen-bond donors (Lipinski definition) is 3. The van der Waals surface area contributed by atoms with E-state index in [0.29, 0.717) is 12.3 Å². The summed E-state index contributed by atoms with van der Waals surface area (Å²) in [5.74, 6) is -1.33. The minimum absolute atomic E-state index is 0.0880. The van der Waals surface area contributed by atoms with Crippen LogP contribution in [0.2, 0.25) is 0 Å². The molecule has 0 aromatic heterocycles. The molecule has 7 heteroatoms. The summed E-state index contributed by atoms with van der Waals surface area (Å²) in [4.78, 5) is 37.4. The Morgan fingerprint density at radius 3 is 2.03 bits per heavy atom. The molecule has 2 atom stereocenters. The lowest BCUT2D eigenvalue weighted by molar-refractivity contribution is -0.142. The van der Waals surface area contributed by atoms with Crippen molar-refractivity contribution in [2.75, 3.05) is 6.61 Å². The summed E-state index contributed by atoms with van der Waals surface area (Å²) < 4.78 is 5.60. The van der Waals surface area contributed by atoms with Crippen LogP contribution in [0.3, 0.4) is 0 Å². The third-order valence-corrected chi connectivity index (χ3v) is 6.61. The molecule has 2 aromatic carbocycles. The number of carbonyl (C=O) groups excluding carboxylic acids is 2. The highest BCUT2D eigenvalue weighted by Gasteiger charge is 2.37. The third kappa shape index (κ3) is 5.24. The second kappa shape index (κ2) is 9.49. The number of carboxylic acids is 1. The molecule has 0 bridgehead atoms. The van der Waals surface area contributed by atoms with Gasteiger partial charge in [-0.3, -0.25) is 4.79 Å². The van der Waals surface area contributed by atoms with E-state index in [0.717, 1.165) is 35.1 Å². The van der Waals surface area contributed by atoms with Crippen molar-refractivity contribution < 1.29 is 24.2 Å². The number of carboxylic acid groups (broad SMARTS) is 1. The topological polar surface area (TPSA) is 105 Å². The summed E-state index contributed by atoms with van der Waals surface area (Å²) in [6.45, 7) is 5.59. The first-order valence-corrected chi connectivity index (χ1v) is 11.8. The number of alkyl carbamates (subject to hydrolysis) is 1. The van der Waals surface area contributed by atoms with Gasteiger partial charge >= 0.3 is 12.1 Å². The Hall–Kier alpha value is -3.35. The summed E-state index contributed by atoms with van der Waals surface area (Å²) in [6, 6.07) is 14.2. The first kappa shape index (κ1) is 23.8. The zero-order valence-corrected chi connectivity index (χ0v) is 19.8. The molecule has 180 valence electrons. The molecule has 2 aliphatic rings. The number of nitrogens with one attached hydrogen (secondary N) is 2. The fraction of sp³-hybridized carbons (Fsp3) is 0.444. The maximum absolute atomic E-state index is 13.0. The molecule has 1 unspecified atom stereocenters. The molecule has 1 saturated carbocycles. The van der Waals surface area contributed by atoms with E-state index in [9.17, 15) is 19.5 Å². The Balaban J connectivity index is 1.42. The maximum Gasteiger partial charge on any atom is 0.407 e. The summed E-state index contributed by atoms with van der Waals surface area (Å²) in [7, 11) is 0. The van der Waals surface area contributed by atoms with E-state index in [-0.39, 0.29) is 12.5 Å². The van der Waals surface area contributed by atoms with Gasteiger partial charge < -0.3 is 20.5 Å². The van der Waals surface area contributed by atoms with E-state index in [1.807, 2.05) is 57.2 Å². The van der Waals surface area contributed by atoms with E-state index in [1.165, 1.54) is 0 Å². The number of ether oxygens (including phenoxy) is 1. The fourth-order valence-electron chi connectivity index (χ4n) is 4.60. The molecule has 1 fully saturated rings. The van der Waals surface area contributed by atoms with Gasteiger partial charge in [0.1, 0.15) is 18.7 Å². The molecular weight excluding hydrogens is 432 g/mol. The Labute approximate surface area is 199 Å². The highest BCUT2D eigenvalue weighted by atomic mass is 16.5. The van der Waals surface area contributed by atoms with Crippen molar-refractivity contribution in [1.29, 1.82) is 0 Å². The molecule has 7 nitrogen and oxygen atoms in total. The minimum Gasteiger partial charge on any atom is -0.480 e. The van der Waals surface area contributed by atoms with Gasteiger partial charge in [-0.2, -0.15) is 0 Å². The summed E-state index contributed by atoms with van der Waals surface area (Å²) in [5, 5.41) is 14.8. The first-order chi connectivity index (χ1) is 16.1. The predicted octanol–water partition coefficient (Wildman–Crippen LogP) is 4.31. The normalized spacial score (nSPS) is 16.7. The van der Waals surface area contributed by atoms with Gasteiger partial charge in [0.15, 0.2) is 0 Å². The number of benzene rings is 2. The highest BCUT2D eigenvalue weighted by molar-refractivity contribution is 5.90. The Morgan fingerprint density at radius 1 is 0.971 bits per heavy atom. The van der Waals surface area contributed by atoms with E-state index in [4.69, 9.17) is 4.74 Å². The lowest BCUT2D eigenvalue weighted by Gasteiger charge is -2.31. The summed E-state index contributed by atoms with van der Waals surface area (Å²) in [5.41, 5.74) is 3.83. The van der Waals surface area contributed by atoms with Crippen molar-refractivity contribution in [2.45, 2.75) is 58.0 Å². The van der Waals surface area contributed by atoms with Crippen molar-refractivity contribution in [3.8, 4) is 11.1 Å². The second-order valence-electron chi connectivity index (χ2n) is 10.3. The van der Waals surface area contributed by atoms with Crippen LogP contribution in [0.5, 0.6) is 0 Å². The molecule has 4 rings (SSSR count). The lowest BCUT2D eigenvalue weighted by Crippen LogP contribution is -2.56. The van der Waals surface area contributed by atoms with Crippen LogP contribution in [-0.4, -0.2) is 41.8 Å². The zero-order valence-electron chi connectivity index (χ0n) is 19.8. The van der Waals surface area contributed by atoms with Crippen molar-refractivity contribution >= 4 is 18.0 Å². The van der Waals surface area contributed by atoms with Crippen LogP contribution in [0.25, 0.3) is 11.1 Å². The molecule has 0 heterocycles. The molecule has 2 amide bonds. The molecule has 3 N–H and O–H groups in total. The van der Waals surface area contributed by atoms with Crippen molar-refractivity contribution in [2.24, 2.45) is 11.3 Å². The Bertz CT molecular complexity index is 1040. The smallest absolute Gasteiger partial charge is 0.407 e. The average molecular weight is 465 g/mol. The highest BCUT2D eigenvalue weighted by Crippen LogP contribution is 2.44. The molecule has 0 saturated heterocycles. The van der Waals surface area contributed by atoms with Crippen LogP contribution in [0, 0.1) is 11.3 Å². The van der Waals surface area contributed by atoms with Gasteiger partial charge in [0.25, 0.3) is 0 Å². The number of hydrogen-bond acceptors (Lipinski definition) is 4. The molecule has 2 aromatic rings. The molecule has 0 aliphatic heterocycles. The standard InChI is InChI=1S/C27H32N2O5/c1-27(2,3)23(24(30)28-22(25(31)32)14-16-12-13-16)29-26(33)34-15-21-19-10-6-4-8-17(19)18-9-5-7-11-20(18)21/h4-11,16,21-23H,12-15H2,1-3H3,(H,28,30)(H,29,33)(H,31,32)/t22?,23-/m0/s1. The van der Waals surface area contributed by atoms with Gasteiger partial charge in [0, 0.05) is 5.92 Å². The van der Waals surface area contributed by atoms with Gasteiger partial charge in [0.05, 0.1) is 0 Å². The van der Waals surface area contributed by atoms with Crippen molar-refractivity contribution in [3.63, 3.8) is 0 Å². The monoisotopic (exact) mass is 464 g/mol. The van der Waals surface area contributed by atoms with Crippen LogP contribution < -0.4 is 10.6 Å². The second-order valence-corrected chi connectivity index (χ2v) is 10.3. The number of fused-ring (bicyclic) bond motifs is 3. The minimum atomic E-state index is -1.06. The number of aliphatic carboxylic acids is 1. The summed E-state index contributed by atoms with van der Waals surface area (Å²) >= 11 is 0. The first-order valence-electron chi connectivity index (χ1n) is 11.8. The molecule has 0 radical (unpaired) electrons. The SMILES string of the molecule is CC(C)(C)[C@@H](NC(=O)OCC1c2ccccc2-c2ccccc21)C(=O)NC(CC1CC1)C(=O)O. The van der Waals surface area contributed by atoms with Crippen LogP contribution >= 0.6 is 0 Å². The van der Waals surface area contributed by atoms with Crippen molar-refractivity contribution in [3.05, 3.63) is 59.7 Å². The van der Waals surface area contributed by atoms with E-state index in [1.54, 1.807) is 0 Å². The van der Waals surface area contributed by atoms with Gasteiger partial charge in [-0.05, 0) is 40.0 Å². The van der Waals surface area contributed by atoms with Gasteiger partial charge in [-0.25, -0.2) is 9.59 Å². The Kier molecular flexibility index (Phi) is 6.64. The zero-order chi connectivity index (χ0) is 24.5. The van der Waals surface area contributed by atoms with Crippen molar-refractivity contribution in [1.82, 2.24) is 10.6 Å². The predicted molar refractivity (Wildman–Crippen MR) is 128 cm³/mol. The van der Waals surface area contributed by atoms with Gasteiger partial charge in [-0.1, -0.05) is 82.1 Å². The molecular formula is C27H32N2O5. The quantitative estimate of drug-likeness (QED) is 0.540. The van der Waals surface area contributed by atoms with Gasteiger partial charge in [-0.15, -0.1) is 0 Å². The van der Waals surface area contributed by atoms with Crippen LogP contribution in [0.4, 0.5) is 4.79 Å². The summed E-state index contributed by atoms with van der Waals surface area (Å²) in [6.07, 6.45) is 1.68. The number of rotatable bonds is 8. The molecule has 34 heavy (non-hydrogen) atoms. The fourth-order valence-corrected chi connectivity index (χ4v) is 4.60. The van der Waals surface area contributed by atoms with E-state index in [2.05, 4.69) is 22.8 Å². The van der Waals surface area contributed by atoms with Crippen LogP contribution in [0.1, 0.15) is 57.1 Å². The lowest BCUT2D eigenvalue weighted by atomic mass is 9.86. The average Bonchev–Trinajstić information content (AvgIpc) is 3.55. The van der Waals surface area contributed by atoms with Crippen LogP contribution in [-0.2, 0) is 14.3 Å².